The van der Waals surface area contributed by atoms with Gasteiger partial charge in [-0.2, -0.15) is 0 Å². The molecule has 1 aromatic rings. The van der Waals surface area contributed by atoms with Crippen molar-refractivity contribution in [1.29, 1.82) is 0 Å². The van der Waals surface area contributed by atoms with E-state index >= 15 is 0 Å². The second kappa shape index (κ2) is 10.7. The summed E-state index contributed by atoms with van der Waals surface area (Å²) < 4.78 is 0. The van der Waals surface area contributed by atoms with Crippen LogP contribution in [0.5, 0.6) is 0 Å². The number of rotatable bonds is 5. The molecular weight excluding hydrogens is 377 g/mol. The van der Waals surface area contributed by atoms with Crippen LogP contribution in [0.1, 0.15) is 80.8 Å². The standard InChI is InChI=1S/C18H29N3OS.2ClH/c19-18(10-5-2-6-11-18)17(22)20-12-9-16-21-15(13-23-16)14-7-3-1-4-8-14;;/h13-14H,1-12,19H2,(H,20,22);2*1H. The Hall–Kier alpha value is -0.360. The molecule has 3 N–H and O–H groups in total. The van der Waals surface area contributed by atoms with Gasteiger partial charge in [0, 0.05) is 24.3 Å². The third-order valence-electron chi connectivity index (χ3n) is 5.42. The van der Waals surface area contributed by atoms with Crippen LogP contribution in [0.25, 0.3) is 0 Å². The zero-order valence-corrected chi connectivity index (χ0v) is 17.2. The van der Waals surface area contributed by atoms with Crippen molar-refractivity contribution in [3.05, 3.63) is 16.1 Å². The number of thiazole rings is 1. The van der Waals surface area contributed by atoms with E-state index in [4.69, 9.17) is 10.7 Å². The highest BCUT2D eigenvalue weighted by Gasteiger charge is 2.34. The molecule has 7 heteroatoms. The van der Waals surface area contributed by atoms with E-state index in [1.165, 1.54) is 44.2 Å². The Kier molecular flexibility index (Phi) is 9.71. The molecule has 0 radical (unpaired) electrons. The predicted molar refractivity (Wildman–Crippen MR) is 109 cm³/mol. The van der Waals surface area contributed by atoms with E-state index in [1.54, 1.807) is 11.3 Å². The quantitative estimate of drug-likeness (QED) is 0.761. The summed E-state index contributed by atoms with van der Waals surface area (Å²) in [5.74, 6) is 0.694. The van der Waals surface area contributed by atoms with Crippen LogP contribution >= 0.6 is 36.2 Å². The lowest BCUT2D eigenvalue weighted by atomic mass is 9.82. The van der Waals surface area contributed by atoms with Crippen molar-refractivity contribution in [2.75, 3.05) is 6.54 Å². The van der Waals surface area contributed by atoms with E-state index in [-0.39, 0.29) is 30.7 Å². The Morgan fingerprint density at radius 1 is 1.16 bits per heavy atom. The van der Waals surface area contributed by atoms with E-state index < -0.39 is 5.54 Å². The summed E-state index contributed by atoms with van der Waals surface area (Å²) in [6.07, 6.45) is 12.4. The first-order valence-corrected chi connectivity index (χ1v) is 10.1. The van der Waals surface area contributed by atoms with E-state index in [0.717, 1.165) is 37.1 Å². The normalized spacial score (nSPS) is 20.2. The first kappa shape index (κ1) is 22.7. The number of nitrogens with two attached hydrogens (primary N) is 1. The third kappa shape index (κ3) is 6.09. The Morgan fingerprint density at radius 2 is 1.80 bits per heavy atom. The Bertz CT molecular complexity index is 526. The molecule has 2 saturated carbocycles. The predicted octanol–water partition coefficient (Wildman–Crippen LogP) is 4.35. The van der Waals surface area contributed by atoms with Gasteiger partial charge >= 0.3 is 0 Å². The van der Waals surface area contributed by atoms with Crippen LogP contribution < -0.4 is 11.1 Å². The molecular formula is C18H31Cl2N3OS. The van der Waals surface area contributed by atoms with Crippen LogP contribution in [0.3, 0.4) is 0 Å². The van der Waals surface area contributed by atoms with Crippen molar-refractivity contribution < 1.29 is 4.79 Å². The number of aromatic nitrogens is 1. The van der Waals surface area contributed by atoms with Gasteiger partial charge in [0.2, 0.25) is 5.91 Å². The number of nitrogens with zero attached hydrogens (tertiary/aromatic N) is 1. The van der Waals surface area contributed by atoms with E-state index in [2.05, 4.69) is 10.7 Å². The van der Waals surface area contributed by atoms with Crippen molar-refractivity contribution in [2.45, 2.75) is 82.1 Å². The molecule has 2 aliphatic carbocycles. The highest BCUT2D eigenvalue weighted by molar-refractivity contribution is 7.09. The summed E-state index contributed by atoms with van der Waals surface area (Å²) in [7, 11) is 0. The van der Waals surface area contributed by atoms with E-state index in [0.29, 0.717) is 12.5 Å². The van der Waals surface area contributed by atoms with Crippen LogP contribution in [-0.2, 0) is 11.2 Å². The summed E-state index contributed by atoms with van der Waals surface area (Å²) in [6, 6.07) is 0. The number of hydrogen-bond donors (Lipinski definition) is 2. The number of carbonyl (C=O) groups excluding carboxylic acids is 1. The lowest BCUT2D eigenvalue weighted by Crippen LogP contribution is -2.55. The third-order valence-corrected chi connectivity index (χ3v) is 6.34. The number of nitrogens with one attached hydrogen (secondary N) is 1. The van der Waals surface area contributed by atoms with Crippen molar-refractivity contribution in [3.8, 4) is 0 Å². The number of hydrogen-bond acceptors (Lipinski definition) is 4. The Morgan fingerprint density at radius 3 is 2.48 bits per heavy atom. The number of halogens is 2. The molecule has 0 aliphatic heterocycles. The second-order valence-electron chi connectivity index (χ2n) is 7.22. The molecule has 4 nitrogen and oxygen atoms in total. The van der Waals surface area contributed by atoms with Crippen LogP contribution in [0.15, 0.2) is 5.38 Å². The van der Waals surface area contributed by atoms with E-state index in [1.807, 2.05) is 0 Å². The van der Waals surface area contributed by atoms with Crippen molar-refractivity contribution in [2.24, 2.45) is 5.73 Å². The molecule has 3 rings (SSSR count). The summed E-state index contributed by atoms with van der Waals surface area (Å²) in [5.41, 5.74) is 6.90. The average molecular weight is 408 g/mol. The van der Waals surface area contributed by atoms with Gasteiger partial charge in [-0.3, -0.25) is 4.79 Å². The van der Waals surface area contributed by atoms with Gasteiger partial charge in [0.05, 0.1) is 16.2 Å². The van der Waals surface area contributed by atoms with Crippen molar-refractivity contribution >= 4 is 42.1 Å². The van der Waals surface area contributed by atoms with Crippen LogP contribution in [0.2, 0.25) is 0 Å². The van der Waals surface area contributed by atoms with E-state index in [9.17, 15) is 4.79 Å². The number of amides is 1. The highest BCUT2D eigenvalue weighted by Crippen LogP contribution is 2.33. The largest absolute Gasteiger partial charge is 0.354 e. The van der Waals surface area contributed by atoms with Crippen LogP contribution in [0.4, 0.5) is 0 Å². The molecule has 25 heavy (non-hydrogen) atoms. The summed E-state index contributed by atoms with van der Waals surface area (Å²) in [4.78, 5) is 17.1. The SMILES string of the molecule is Cl.Cl.NC1(C(=O)NCCc2nc(C3CCCCC3)cs2)CCCCC1. The topological polar surface area (TPSA) is 68.0 Å². The van der Waals surface area contributed by atoms with Gasteiger partial charge in [0.1, 0.15) is 0 Å². The fourth-order valence-electron chi connectivity index (χ4n) is 3.89. The zero-order chi connectivity index (χ0) is 16.1. The Labute approximate surface area is 167 Å². The first-order valence-electron chi connectivity index (χ1n) is 9.19. The minimum atomic E-state index is -0.631. The maximum absolute atomic E-state index is 12.3. The van der Waals surface area contributed by atoms with Crippen molar-refractivity contribution in [3.63, 3.8) is 0 Å². The minimum absolute atomic E-state index is 0. The van der Waals surface area contributed by atoms with Gasteiger partial charge in [-0.1, -0.05) is 38.5 Å². The van der Waals surface area contributed by atoms with Gasteiger partial charge in [-0.25, -0.2) is 4.98 Å². The first-order chi connectivity index (χ1) is 11.2. The van der Waals surface area contributed by atoms with Crippen LogP contribution in [-0.4, -0.2) is 23.0 Å². The molecule has 0 atom stereocenters. The van der Waals surface area contributed by atoms with Gasteiger partial charge < -0.3 is 11.1 Å². The smallest absolute Gasteiger partial charge is 0.240 e. The molecule has 1 amide bonds. The fraction of sp³-hybridized carbons (Fsp3) is 0.778. The molecule has 0 saturated heterocycles. The number of carbonyl (C=O) groups is 1. The molecule has 1 aromatic heterocycles. The molecule has 2 fully saturated rings. The van der Waals surface area contributed by atoms with Gasteiger partial charge in [-0.05, 0) is 25.7 Å². The Balaban J connectivity index is 0.00000156. The fourth-order valence-corrected chi connectivity index (χ4v) is 4.77. The summed E-state index contributed by atoms with van der Waals surface area (Å²) in [5, 5.41) is 6.39. The lowest BCUT2D eigenvalue weighted by Gasteiger charge is -2.31. The zero-order valence-electron chi connectivity index (χ0n) is 14.8. The molecule has 1 heterocycles. The van der Waals surface area contributed by atoms with Gasteiger partial charge in [0.15, 0.2) is 0 Å². The van der Waals surface area contributed by atoms with Gasteiger partial charge in [-0.15, -0.1) is 36.2 Å². The van der Waals surface area contributed by atoms with Crippen LogP contribution in [0, 0.1) is 0 Å². The molecule has 0 spiro atoms. The summed E-state index contributed by atoms with van der Waals surface area (Å²) >= 11 is 1.74. The molecule has 0 bridgehead atoms. The maximum Gasteiger partial charge on any atom is 0.240 e. The van der Waals surface area contributed by atoms with Crippen molar-refractivity contribution in [1.82, 2.24) is 10.3 Å². The molecule has 0 aromatic carbocycles. The minimum Gasteiger partial charge on any atom is -0.354 e. The maximum atomic E-state index is 12.3. The highest BCUT2D eigenvalue weighted by atomic mass is 35.5. The lowest BCUT2D eigenvalue weighted by molar-refractivity contribution is -0.127. The molecule has 0 unspecified atom stereocenters. The molecule has 2 aliphatic rings. The molecule has 144 valence electrons. The monoisotopic (exact) mass is 407 g/mol. The summed E-state index contributed by atoms with van der Waals surface area (Å²) in [6.45, 7) is 0.648. The average Bonchev–Trinajstić information content (AvgIpc) is 3.05. The second-order valence-corrected chi connectivity index (χ2v) is 8.17. The van der Waals surface area contributed by atoms with Gasteiger partial charge in [0.25, 0.3) is 0 Å².